The molecule has 2 aromatic carbocycles. The zero-order chi connectivity index (χ0) is 18.0. The number of benzene rings is 2. The molecular formula is C19H18N2O4. The quantitative estimate of drug-likeness (QED) is 0.535. The summed E-state index contributed by atoms with van der Waals surface area (Å²) in [5.41, 5.74) is 1.37. The van der Waals surface area contributed by atoms with E-state index in [-0.39, 0.29) is 5.91 Å². The molecule has 0 aliphatic carbocycles. The van der Waals surface area contributed by atoms with Crippen LogP contribution in [0.4, 0.5) is 0 Å². The molecule has 0 aliphatic rings. The normalized spacial score (nSPS) is 12.0. The molecule has 0 fully saturated rings. The van der Waals surface area contributed by atoms with Crippen molar-refractivity contribution in [1.82, 2.24) is 9.78 Å². The van der Waals surface area contributed by atoms with Crippen molar-refractivity contribution in [1.29, 1.82) is 0 Å². The number of hydrogen-bond donors (Lipinski definition) is 0. The molecule has 0 saturated carbocycles. The van der Waals surface area contributed by atoms with E-state index < -0.39 is 12.1 Å². The van der Waals surface area contributed by atoms with Gasteiger partial charge in [0, 0.05) is 19.2 Å². The highest BCUT2D eigenvalue weighted by Gasteiger charge is 2.20. The summed E-state index contributed by atoms with van der Waals surface area (Å²) in [4.78, 5) is 23.1. The molecule has 0 spiro atoms. The molecule has 6 heteroatoms. The van der Waals surface area contributed by atoms with Crippen molar-refractivity contribution >= 4 is 22.8 Å². The van der Waals surface area contributed by atoms with Gasteiger partial charge in [0.1, 0.15) is 11.8 Å². The van der Waals surface area contributed by atoms with Crippen molar-refractivity contribution < 1.29 is 19.1 Å². The SMILES string of the molecule is CC(=O)Oc1ccccc1OC(C)c1nn(C(C)=O)c2ccccc12. The van der Waals surface area contributed by atoms with Gasteiger partial charge in [0.15, 0.2) is 11.5 Å². The van der Waals surface area contributed by atoms with Gasteiger partial charge in [0.25, 0.3) is 0 Å². The molecule has 1 atom stereocenters. The molecule has 0 saturated heterocycles. The lowest BCUT2D eigenvalue weighted by atomic mass is 10.1. The minimum Gasteiger partial charge on any atom is -0.480 e. The van der Waals surface area contributed by atoms with Crippen molar-refractivity contribution in [3.8, 4) is 11.5 Å². The number of rotatable bonds is 4. The van der Waals surface area contributed by atoms with Crippen LogP contribution in [0.1, 0.15) is 37.4 Å². The Hall–Kier alpha value is -3.15. The molecule has 1 aromatic heterocycles. The van der Waals surface area contributed by atoms with Crippen LogP contribution in [-0.2, 0) is 4.79 Å². The maximum absolute atomic E-state index is 11.8. The highest BCUT2D eigenvalue weighted by Crippen LogP contribution is 2.33. The van der Waals surface area contributed by atoms with Gasteiger partial charge < -0.3 is 9.47 Å². The van der Waals surface area contributed by atoms with Crippen LogP contribution in [0.2, 0.25) is 0 Å². The lowest BCUT2D eigenvalue weighted by Gasteiger charge is -2.15. The van der Waals surface area contributed by atoms with Gasteiger partial charge in [-0.25, -0.2) is 0 Å². The number of nitrogens with zero attached hydrogens (tertiary/aromatic N) is 2. The fourth-order valence-electron chi connectivity index (χ4n) is 2.66. The fourth-order valence-corrected chi connectivity index (χ4v) is 2.66. The third-order valence-electron chi connectivity index (χ3n) is 3.71. The summed E-state index contributed by atoms with van der Waals surface area (Å²) in [6.45, 7) is 4.64. The highest BCUT2D eigenvalue weighted by molar-refractivity contribution is 5.91. The Labute approximate surface area is 145 Å². The second kappa shape index (κ2) is 6.76. The molecule has 0 radical (unpaired) electrons. The first kappa shape index (κ1) is 16.7. The Morgan fingerprint density at radius 1 is 1.00 bits per heavy atom. The van der Waals surface area contributed by atoms with Crippen molar-refractivity contribution in [3.05, 3.63) is 54.2 Å². The molecule has 128 valence electrons. The molecule has 0 bridgehead atoms. The molecule has 6 nitrogen and oxygen atoms in total. The first-order valence-electron chi connectivity index (χ1n) is 7.90. The average molecular weight is 338 g/mol. The van der Waals surface area contributed by atoms with E-state index >= 15 is 0 Å². The second-order valence-corrected chi connectivity index (χ2v) is 5.63. The molecule has 1 heterocycles. The molecule has 3 aromatic rings. The van der Waals surface area contributed by atoms with Crippen LogP contribution >= 0.6 is 0 Å². The predicted octanol–water partition coefficient (Wildman–Crippen LogP) is 3.76. The Balaban J connectivity index is 1.98. The third-order valence-corrected chi connectivity index (χ3v) is 3.71. The van der Waals surface area contributed by atoms with Crippen LogP contribution in [0.15, 0.2) is 48.5 Å². The number of fused-ring (bicyclic) bond motifs is 1. The van der Waals surface area contributed by atoms with Crippen molar-refractivity contribution in [2.24, 2.45) is 0 Å². The zero-order valence-corrected chi connectivity index (χ0v) is 14.2. The van der Waals surface area contributed by atoms with Gasteiger partial charge in [-0.2, -0.15) is 9.78 Å². The third kappa shape index (κ3) is 3.38. The minimum atomic E-state index is -0.442. The molecule has 0 amide bonds. The predicted molar refractivity (Wildman–Crippen MR) is 92.8 cm³/mol. The van der Waals surface area contributed by atoms with E-state index in [1.807, 2.05) is 31.2 Å². The molecule has 3 rings (SSSR count). The van der Waals surface area contributed by atoms with Crippen molar-refractivity contribution in [2.45, 2.75) is 26.9 Å². The summed E-state index contributed by atoms with van der Waals surface area (Å²) in [7, 11) is 0. The number of carbonyl (C=O) groups excluding carboxylic acids is 2. The van der Waals surface area contributed by atoms with E-state index in [1.165, 1.54) is 18.5 Å². The lowest BCUT2D eigenvalue weighted by Crippen LogP contribution is -2.10. The van der Waals surface area contributed by atoms with Gasteiger partial charge >= 0.3 is 5.97 Å². The van der Waals surface area contributed by atoms with Crippen LogP contribution in [0, 0.1) is 0 Å². The van der Waals surface area contributed by atoms with E-state index in [0.29, 0.717) is 17.2 Å². The van der Waals surface area contributed by atoms with Crippen molar-refractivity contribution in [2.75, 3.05) is 0 Å². The Morgan fingerprint density at radius 2 is 1.64 bits per heavy atom. The Morgan fingerprint density at radius 3 is 2.32 bits per heavy atom. The molecular weight excluding hydrogens is 320 g/mol. The Kier molecular flexibility index (Phi) is 4.52. The average Bonchev–Trinajstić information content (AvgIpc) is 2.96. The zero-order valence-electron chi connectivity index (χ0n) is 14.2. The fraction of sp³-hybridized carbons (Fsp3) is 0.211. The van der Waals surface area contributed by atoms with Gasteiger partial charge in [-0.1, -0.05) is 30.3 Å². The largest absolute Gasteiger partial charge is 0.480 e. The van der Waals surface area contributed by atoms with Crippen molar-refractivity contribution in [3.63, 3.8) is 0 Å². The molecule has 25 heavy (non-hydrogen) atoms. The van der Waals surface area contributed by atoms with Crippen LogP contribution in [0.5, 0.6) is 11.5 Å². The van der Waals surface area contributed by atoms with E-state index in [0.717, 1.165) is 10.9 Å². The smallest absolute Gasteiger partial charge is 0.308 e. The number of carbonyl (C=O) groups is 2. The lowest BCUT2D eigenvalue weighted by molar-refractivity contribution is -0.132. The monoisotopic (exact) mass is 338 g/mol. The number of ether oxygens (including phenoxy) is 2. The van der Waals surface area contributed by atoms with Gasteiger partial charge in [0.05, 0.1) is 5.52 Å². The van der Waals surface area contributed by atoms with E-state index in [2.05, 4.69) is 5.10 Å². The van der Waals surface area contributed by atoms with Gasteiger partial charge in [-0.3, -0.25) is 9.59 Å². The summed E-state index contributed by atoms with van der Waals surface area (Å²) in [6, 6.07) is 14.4. The van der Waals surface area contributed by atoms with E-state index in [9.17, 15) is 9.59 Å². The Bertz CT molecular complexity index is 946. The van der Waals surface area contributed by atoms with Gasteiger partial charge in [-0.15, -0.1) is 0 Å². The summed E-state index contributed by atoms with van der Waals surface area (Å²) in [5, 5.41) is 5.25. The number of para-hydroxylation sites is 3. The standard InChI is InChI=1S/C19H18N2O4/c1-12(24-17-10-6-7-11-18(17)25-14(3)23)19-15-8-4-5-9-16(15)21(20-19)13(2)22/h4-12H,1-3H3. The minimum absolute atomic E-state index is 0.171. The maximum atomic E-state index is 11.8. The van der Waals surface area contributed by atoms with Crippen LogP contribution < -0.4 is 9.47 Å². The summed E-state index contributed by atoms with van der Waals surface area (Å²) in [6.07, 6.45) is -0.442. The number of hydrogen-bond acceptors (Lipinski definition) is 5. The number of aromatic nitrogens is 2. The number of esters is 1. The maximum Gasteiger partial charge on any atom is 0.308 e. The summed E-state index contributed by atoms with van der Waals surface area (Å²) in [5.74, 6) is 0.189. The van der Waals surface area contributed by atoms with Gasteiger partial charge in [-0.05, 0) is 25.1 Å². The van der Waals surface area contributed by atoms with Crippen LogP contribution in [0.3, 0.4) is 0 Å². The van der Waals surface area contributed by atoms with E-state index in [1.54, 1.807) is 24.3 Å². The summed E-state index contributed by atoms with van der Waals surface area (Å²) < 4.78 is 12.5. The topological polar surface area (TPSA) is 70.4 Å². The molecule has 1 unspecified atom stereocenters. The first-order valence-corrected chi connectivity index (χ1v) is 7.90. The molecule has 0 aliphatic heterocycles. The first-order chi connectivity index (χ1) is 12.0. The second-order valence-electron chi connectivity index (χ2n) is 5.63. The van der Waals surface area contributed by atoms with Crippen LogP contribution in [0.25, 0.3) is 10.9 Å². The highest BCUT2D eigenvalue weighted by atomic mass is 16.6. The van der Waals surface area contributed by atoms with Gasteiger partial charge in [0.2, 0.25) is 5.91 Å². The summed E-state index contributed by atoms with van der Waals surface area (Å²) >= 11 is 0. The molecule has 0 N–H and O–H groups in total. The van der Waals surface area contributed by atoms with E-state index in [4.69, 9.17) is 9.47 Å². The van der Waals surface area contributed by atoms with Crippen LogP contribution in [-0.4, -0.2) is 21.7 Å².